The largest absolute Gasteiger partial charge is 0.383 e. The molecule has 5 heteroatoms. The zero-order valence-corrected chi connectivity index (χ0v) is 12.9. The monoisotopic (exact) mass is 283 g/mol. The standard InChI is InChI=1S/C15H29N3O2/c1-3-6-16-12-9-13-4-5-14(10-12)18(13)11-15(19)17-7-8-20-2/h12-14,16H,3-11H2,1-2H3,(H,17,19). The molecular formula is C15H29N3O2. The molecule has 1 amide bonds. The molecule has 2 N–H and O–H groups in total. The van der Waals surface area contributed by atoms with Gasteiger partial charge < -0.3 is 15.4 Å². The summed E-state index contributed by atoms with van der Waals surface area (Å²) in [7, 11) is 1.65. The molecule has 0 radical (unpaired) electrons. The fraction of sp³-hybridized carbons (Fsp3) is 0.933. The number of hydrogen-bond donors (Lipinski definition) is 2. The van der Waals surface area contributed by atoms with Crippen LogP contribution in [0.15, 0.2) is 0 Å². The molecular weight excluding hydrogens is 254 g/mol. The predicted molar refractivity (Wildman–Crippen MR) is 79.7 cm³/mol. The molecule has 2 unspecified atom stereocenters. The summed E-state index contributed by atoms with van der Waals surface area (Å²) in [5.74, 6) is 0.138. The van der Waals surface area contributed by atoms with Gasteiger partial charge in [0.05, 0.1) is 13.2 Å². The summed E-state index contributed by atoms with van der Waals surface area (Å²) in [6, 6.07) is 1.84. The molecule has 0 aliphatic carbocycles. The van der Waals surface area contributed by atoms with Crippen molar-refractivity contribution in [3.8, 4) is 0 Å². The predicted octanol–water partition coefficient (Wildman–Crippen LogP) is 0.744. The first-order chi connectivity index (χ1) is 9.74. The van der Waals surface area contributed by atoms with Crippen LogP contribution in [0.5, 0.6) is 0 Å². The topological polar surface area (TPSA) is 53.6 Å². The number of hydrogen-bond acceptors (Lipinski definition) is 4. The Morgan fingerprint density at radius 2 is 1.95 bits per heavy atom. The molecule has 2 aliphatic rings. The number of nitrogens with zero attached hydrogens (tertiary/aromatic N) is 1. The number of amides is 1. The van der Waals surface area contributed by atoms with Gasteiger partial charge in [0, 0.05) is 31.8 Å². The summed E-state index contributed by atoms with van der Waals surface area (Å²) in [4.78, 5) is 14.4. The Hall–Kier alpha value is -0.650. The molecule has 0 saturated carbocycles. The fourth-order valence-electron chi connectivity index (χ4n) is 3.56. The van der Waals surface area contributed by atoms with Crippen molar-refractivity contribution in [3.63, 3.8) is 0 Å². The molecule has 0 spiro atoms. The molecule has 0 aromatic rings. The highest BCUT2D eigenvalue weighted by Gasteiger charge is 2.40. The lowest BCUT2D eigenvalue weighted by Gasteiger charge is -2.38. The van der Waals surface area contributed by atoms with Crippen LogP contribution in [0.3, 0.4) is 0 Å². The quantitative estimate of drug-likeness (QED) is 0.645. The normalized spacial score (nSPS) is 29.6. The van der Waals surface area contributed by atoms with E-state index in [1.54, 1.807) is 7.11 Å². The Morgan fingerprint density at radius 1 is 1.25 bits per heavy atom. The molecule has 2 heterocycles. The van der Waals surface area contributed by atoms with Crippen molar-refractivity contribution in [2.75, 3.05) is 33.4 Å². The van der Waals surface area contributed by atoms with Crippen LogP contribution in [0, 0.1) is 0 Å². The van der Waals surface area contributed by atoms with Crippen LogP contribution in [-0.4, -0.2) is 62.3 Å². The van der Waals surface area contributed by atoms with Gasteiger partial charge in [-0.1, -0.05) is 6.92 Å². The molecule has 0 aromatic heterocycles. The zero-order valence-electron chi connectivity index (χ0n) is 12.9. The molecule has 2 atom stereocenters. The molecule has 2 fully saturated rings. The van der Waals surface area contributed by atoms with Gasteiger partial charge in [-0.05, 0) is 38.6 Å². The van der Waals surface area contributed by atoms with Gasteiger partial charge in [-0.2, -0.15) is 0 Å². The van der Waals surface area contributed by atoms with E-state index >= 15 is 0 Å². The van der Waals surface area contributed by atoms with E-state index in [1.165, 1.54) is 32.1 Å². The second kappa shape index (κ2) is 7.96. The lowest BCUT2D eigenvalue weighted by atomic mass is 9.97. The summed E-state index contributed by atoms with van der Waals surface area (Å²) < 4.78 is 4.95. The van der Waals surface area contributed by atoms with Crippen LogP contribution in [0.4, 0.5) is 0 Å². The molecule has 2 bridgehead atoms. The highest BCUT2D eigenvalue weighted by Crippen LogP contribution is 2.35. The van der Waals surface area contributed by atoms with E-state index < -0.39 is 0 Å². The second-order valence-corrected chi connectivity index (χ2v) is 6.02. The maximum atomic E-state index is 11.9. The highest BCUT2D eigenvalue weighted by molar-refractivity contribution is 5.78. The minimum absolute atomic E-state index is 0.138. The smallest absolute Gasteiger partial charge is 0.234 e. The van der Waals surface area contributed by atoms with E-state index in [1.807, 2.05) is 0 Å². The Bertz CT molecular complexity index is 297. The fourth-order valence-corrected chi connectivity index (χ4v) is 3.56. The molecule has 116 valence electrons. The molecule has 2 saturated heterocycles. The first kappa shape index (κ1) is 15.7. The van der Waals surface area contributed by atoms with E-state index in [0.29, 0.717) is 37.8 Å². The maximum Gasteiger partial charge on any atom is 0.234 e. The number of ether oxygens (including phenoxy) is 1. The van der Waals surface area contributed by atoms with Gasteiger partial charge in [0.25, 0.3) is 0 Å². The molecule has 2 rings (SSSR count). The van der Waals surface area contributed by atoms with E-state index in [-0.39, 0.29) is 5.91 Å². The minimum atomic E-state index is 0.138. The zero-order chi connectivity index (χ0) is 14.4. The Labute approximate surface area is 122 Å². The van der Waals surface area contributed by atoms with Gasteiger partial charge >= 0.3 is 0 Å². The summed E-state index contributed by atoms with van der Waals surface area (Å²) in [6.07, 6.45) is 6.09. The van der Waals surface area contributed by atoms with Crippen molar-refractivity contribution in [2.45, 2.75) is 57.2 Å². The van der Waals surface area contributed by atoms with Crippen LogP contribution < -0.4 is 10.6 Å². The Morgan fingerprint density at radius 3 is 2.55 bits per heavy atom. The number of nitrogens with one attached hydrogen (secondary N) is 2. The van der Waals surface area contributed by atoms with Crippen molar-refractivity contribution in [1.29, 1.82) is 0 Å². The third kappa shape index (κ3) is 4.17. The lowest BCUT2D eigenvalue weighted by molar-refractivity contribution is -0.123. The molecule has 2 aliphatic heterocycles. The maximum absolute atomic E-state index is 11.9. The van der Waals surface area contributed by atoms with Gasteiger partial charge in [0.15, 0.2) is 0 Å². The van der Waals surface area contributed by atoms with Gasteiger partial charge in [0.2, 0.25) is 5.91 Å². The van der Waals surface area contributed by atoms with Crippen molar-refractivity contribution < 1.29 is 9.53 Å². The summed E-state index contributed by atoms with van der Waals surface area (Å²) >= 11 is 0. The average Bonchev–Trinajstić information content (AvgIpc) is 2.68. The van der Waals surface area contributed by atoms with Gasteiger partial charge in [0.1, 0.15) is 0 Å². The molecule has 0 aromatic carbocycles. The highest BCUT2D eigenvalue weighted by atomic mass is 16.5. The Balaban J connectivity index is 1.76. The first-order valence-electron chi connectivity index (χ1n) is 7.99. The van der Waals surface area contributed by atoms with Crippen LogP contribution in [0.25, 0.3) is 0 Å². The first-order valence-corrected chi connectivity index (χ1v) is 7.99. The SMILES string of the molecule is CCCNC1CC2CCC(C1)N2CC(=O)NCCOC. The van der Waals surface area contributed by atoms with E-state index in [9.17, 15) is 4.79 Å². The van der Waals surface area contributed by atoms with Crippen molar-refractivity contribution >= 4 is 5.91 Å². The third-order valence-corrected chi connectivity index (χ3v) is 4.52. The number of rotatable bonds is 8. The molecule has 5 nitrogen and oxygen atoms in total. The lowest BCUT2D eigenvalue weighted by Crippen LogP contribution is -2.52. The third-order valence-electron chi connectivity index (χ3n) is 4.52. The van der Waals surface area contributed by atoms with Crippen LogP contribution in [0.1, 0.15) is 39.0 Å². The van der Waals surface area contributed by atoms with Crippen molar-refractivity contribution in [3.05, 3.63) is 0 Å². The number of piperidine rings is 1. The van der Waals surface area contributed by atoms with Gasteiger partial charge in [-0.25, -0.2) is 0 Å². The summed E-state index contributed by atoms with van der Waals surface area (Å²) in [5, 5.41) is 6.57. The Kier molecular flexibility index (Phi) is 6.26. The van der Waals surface area contributed by atoms with Crippen LogP contribution in [0.2, 0.25) is 0 Å². The number of methoxy groups -OCH3 is 1. The van der Waals surface area contributed by atoms with Crippen LogP contribution in [-0.2, 0) is 9.53 Å². The van der Waals surface area contributed by atoms with Gasteiger partial charge in [-0.15, -0.1) is 0 Å². The van der Waals surface area contributed by atoms with E-state index in [2.05, 4.69) is 22.5 Å². The van der Waals surface area contributed by atoms with Gasteiger partial charge in [-0.3, -0.25) is 9.69 Å². The second-order valence-electron chi connectivity index (χ2n) is 6.02. The minimum Gasteiger partial charge on any atom is -0.383 e. The number of carbonyl (C=O) groups excluding carboxylic acids is 1. The summed E-state index contributed by atoms with van der Waals surface area (Å²) in [5.41, 5.74) is 0. The van der Waals surface area contributed by atoms with Crippen molar-refractivity contribution in [2.24, 2.45) is 0 Å². The average molecular weight is 283 g/mol. The number of carbonyl (C=O) groups is 1. The van der Waals surface area contributed by atoms with Crippen molar-refractivity contribution in [1.82, 2.24) is 15.5 Å². The van der Waals surface area contributed by atoms with E-state index in [4.69, 9.17) is 4.74 Å². The van der Waals surface area contributed by atoms with Crippen LogP contribution >= 0.6 is 0 Å². The van der Waals surface area contributed by atoms with E-state index in [0.717, 1.165) is 6.54 Å². The number of fused-ring (bicyclic) bond motifs is 2. The summed E-state index contributed by atoms with van der Waals surface area (Å²) in [6.45, 7) is 5.07. The molecule has 20 heavy (non-hydrogen) atoms.